The van der Waals surface area contributed by atoms with Crippen LogP contribution in [0.15, 0.2) is 84.1 Å². The quantitative estimate of drug-likeness (QED) is 0.199. The zero-order valence-corrected chi connectivity index (χ0v) is 28.2. The first-order valence-corrected chi connectivity index (χ1v) is 17.1. The fraction of sp³-hybridized carbons (Fsp3) is 0.306. The summed E-state index contributed by atoms with van der Waals surface area (Å²) in [5.41, 5.74) is 1.88. The molecule has 1 N–H and O–H groups in total. The summed E-state index contributed by atoms with van der Waals surface area (Å²) in [5, 5.41) is 3.02. The minimum atomic E-state index is -4.08. The van der Waals surface area contributed by atoms with Crippen LogP contribution in [0, 0.1) is 18.6 Å². The fourth-order valence-corrected chi connectivity index (χ4v) is 7.23. The highest BCUT2D eigenvalue weighted by Crippen LogP contribution is 2.36. The van der Waals surface area contributed by atoms with Gasteiger partial charge in [-0.25, -0.2) is 30.9 Å². The zero-order valence-electron chi connectivity index (χ0n) is 27.4. The molecule has 1 aliphatic heterocycles. The van der Waals surface area contributed by atoms with Crippen LogP contribution in [0.5, 0.6) is 0 Å². The molecule has 1 fully saturated rings. The fourth-order valence-electron chi connectivity index (χ4n) is 5.87. The number of aryl methyl sites for hydroxylation is 1. The van der Waals surface area contributed by atoms with Crippen molar-refractivity contribution < 1.29 is 26.7 Å². The van der Waals surface area contributed by atoms with E-state index in [1.807, 2.05) is 40.7 Å². The molecule has 6 rings (SSSR count). The van der Waals surface area contributed by atoms with Crippen LogP contribution in [0.1, 0.15) is 46.1 Å². The van der Waals surface area contributed by atoms with Gasteiger partial charge in [-0.15, -0.1) is 0 Å². The Bertz CT molecular complexity index is 2100. The van der Waals surface area contributed by atoms with Gasteiger partial charge in [-0.05, 0) is 89.9 Å². The molecule has 12 heteroatoms. The SMILES string of the molecule is Cc1ccc(S(=O)(=O)n2cc(-c3cncc(N4CCC(C)(NC(=O)OC(C)(C)C)CC4)c3)c3nc(-c4c(F)cccc4F)ccc32)cc1. The Labute approximate surface area is 278 Å². The van der Waals surface area contributed by atoms with E-state index in [4.69, 9.17) is 4.74 Å². The average Bonchev–Trinajstić information content (AvgIpc) is 3.40. The molecule has 5 aromatic rings. The van der Waals surface area contributed by atoms with E-state index in [0.717, 1.165) is 27.4 Å². The molecule has 48 heavy (non-hydrogen) atoms. The highest BCUT2D eigenvalue weighted by molar-refractivity contribution is 7.90. The summed E-state index contributed by atoms with van der Waals surface area (Å²) in [5.74, 6) is -1.56. The van der Waals surface area contributed by atoms with Crippen LogP contribution in [0.3, 0.4) is 0 Å². The molecule has 0 atom stereocenters. The lowest BCUT2D eigenvalue weighted by Crippen LogP contribution is -2.54. The highest BCUT2D eigenvalue weighted by atomic mass is 32.2. The van der Waals surface area contributed by atoms with Gasteiger partial charge in [0.1, 0.15) is 17.2 Å². The zero-order chi connectivity index (χ0) is 34.4. The number of fused-ring (bicyclic) bond motifs is 1. The maximum Gasteiger partial charge on any atom is 0.408 e. The Balaban J connectivity index is 1.39. The number of amides is 1. The van der Waals surface area contributed by atoms with Crippen molar-refractivity contribution in [3.63, 3.8) is 0 Å². The van der Waals surface area contributed by atoms with Gasteiger partial charge in [0, 0.05) is 42.1 Å². The van der Waals surface area contributed by atoms with E-state index >= 15 is 0 Å². The Hall–Kier alpha value is -4.84. The van der Waals surface area contributed by atoms with E-state index < -0.39 is 38.9 Å². The van der Waals surface area contributed by atoms with Gasteiger partial charge in [-0.3, -0.25) is 4.98 Å². The number of alkyl carbamates (subject to hydrolysis) is 1. The number of piperidine rings is 1. The molecule has 9 nitrogen and oxygen atoms in total. The number of nitrogens with one attached hydrogen (secondary N) is 1. The van der Waals surface area contributed by atoms with E-state index in [0.29, 0.717) is 37.1 Å². The maximum atomic E-state index is 14.8. The predicted octanol–water partition coefficient (Wildman–Crippen LogP) is 7.47. The second kappa shape index (κ2) is 12.3. The van der Waals surface area contributed by atoms with Crippen LogP contribution in [0.2, 0.25) is 0 Å². The molecule has 3 aromatic heterocycles. The Morgan fingerprint density at radius 1 is 0.979 bits per heavy atom. The summed E-state index contributed by atoms with van der Waals surface area (Å²) in [6.07, 6.45) is 5.67. The number of benzene rings is 2. The van der Waals surface area contributed by atoms with Gasteiger partial charge in [0.25, 0.3) is 10.0 Å². The summed E-state index contributed by atoms with van der Waals surface area (Å²) < 4.78 is 64.2. The van der Waals surface area contributed by atoms with Crippen molar-refractivity contribution in [2.24, 2.45) is 0 Å². The molecule has 250 valence electrons. The summed E-state index contributed by atoms with van der Waals surface area (Å²) >= 11 is 0. The van der Waals surface area contributed by atoms with E-state index in [1.54, 1.807) is 24.5 Å². The highest BCUT2D eigenvalue weighted by Gasteiger charge is 2.33. The monoisotopic (exact) mass is 673 g/mol. The number of aromatic nitrogens is 3. The Morgan fingerprint density at radius 3 is 2.29 bits per heavy atom. The van der Waals surface area contributed by atoms with E-state index in [9.17, 15) is 22.0 Å². The molecule has 0 bridgehead atoms. The van der Waals surface area contributed by atoms with Gasteiger partial charge in [-0.2, -0.15) is 0 Å². The van der Waals surface area contributed by atoms with Crippen LogP contribution in [0.25, 0.3) is 33.4 Å². The number of carbonyl (C=O) groups is 1. The molecular formula is C36H37F2N5O4S. The second-order valence-corrected chi connectivity index (χ2v) is 15.2. The number of halogens is 2. The van der Waals surface area contributed by atoms with E-state index in [2.05, 4.69) is 20.2 Å². The first kappa shape index (κ1) is 33.1. The van der Waals surface area contributed by atoms with Crippen molar-refractivity contribution in [3.05, 3.63) is 96.5 Å². The number of rotatable bonds is 6. The molecule has 0 radical (unpaired) electrons. The van der Waals surface area contributed by atoms with E-state index in [1.165, 1.54) is 36.5 Å². The van der Waals surface area contributed by atoms with Gasteiger partial charge in [-0.1, -0.05) is 23.8 Å². The van der Waals surface area contributed by atoms with Crippen LogP contribution in [-0.2, 0) is 14.8 Å². The standard InChI is InChI=1S/C36H37F2N5O4S/c1-23-9-11-26(12-10-23)48(45,46)43-22-27(33-31(43)14-13-30(40-33)32-28(37)7-6-8-29(32)38)24-19-25(21-39-20-24)42-17-15-36(5,16-18-42)41-34(44)47-35(2,3)4/h6-14,19-22H,15-18H2,1-5H3,(H,41,44). The van der Waals surface area contributed by atoms with Crippen LogP contribution in [0.4, 0.5) is 19.3 Å². The Morgan fingerprint density at radius 2 is 1.65 bits per heavy atom. The molecule has 2 aromatic carbocycles. The van der Waals surface area contributed by atoms with Gasteiger partial charge in [0.05, 0.1) is 39.1 Å². The maximum absolute atomic E-state index is 14.8. The molecule has 1 aliphatic rings. The number of carbonyl (C=O) groups excluding carboxylic acids is 1. The number of nitrogens with zero attached hydrogens (tertiary/aromatic N) is 4. The van der Waals surface area contributed by atoms with Gasteiger partial charge in [0.2, 0.25) is 0 Å². The number of anilines is 1. The molecule has 0 aliphatic carbocycles. The van der Waals surface area contributed by atoms with Crippen molar-refractivity contribution in [2.75, 3.05) is 18.0 Å². The first-order chi connectivity index (χ1) is 22.6. The smallest absolute Gasteiger partial charge is 0.408 e. The van der Waals surface area contributed by atoms with Crippen LogP contribution < -0.4 is 10.2 Å². The lowest BCUT2D eigenvalue weighted by molar-refractivity contribution is 0.0448. The molecule has 1 amide bonds. The average molecular weight is 674 g/mol. The molecule has 0 spiro atoms. The molecule has 0 saturated carbocycles. The normalized spacial score (nSPS) is 15.0. The van der Waals surface area contributed by atoms with Crippen molar-refractivity contribution in [1.29, 1.82) is 0 Å². The third kappa shape index (κ3) is 6.62. The number of ether oxygens (including phenoxy) is 1. The number of hydrogen-bond acceptors (Lipinski definition) is 7. The van der Waals surface area contributed by atoms with Gasteiger partial charge >= 0.3 is 6.09 Å². The van der Waals surface area contributed by atoms with Crippen molar-refractivity contribution in [2.45, 2.75) is 63.5 Å². The minimum absolute atomic E-state index is 0.0294. The first-order valence-electron chi connectivity index (χ1n) is 15.6. The number of hydrogen-bond donors (Lipinski definition) is 1. The third-order valence-electron chi connectivity index (χ3n) is 8.48. The predicted molar refractivity (Wildman–Crippen MR) is 181 cm³/mol. The lowest BCUT2D eigenvalue weighted by Gasteiger charge is -2.41. The van der Waals surface area contributed by atoms with Gasteiger partial charge < -0.3 is 15.0 Å². The largest absolute Gasteiger partial charge is 0.444 e. The summed E-state index contributed by atoms with van der Waals surface area (Å²) in [4.78, 5) is 23.8. The van der Waals surface area contributed by atoms with Crippen LogP contribution >= 0.6 is 0 Å². The number of pyridine rings is 2. The molecule has 0 unspecified atom stereocenters. The van der Waals surface area contributed by atoms with E-state index in [-0.39, 0.29) is 27.2 Å². The van der Waals surface area contributed by atoms with Crippen molar-refractivity contribution in [1.82, 2.24) is 19.3 Å². The molecule has 1 saturated heterocycles. The topological polar surface area (TPSA) is 106 Å². The molecule has 4 heterocycles. The lowest BCUT2D eigenvalue weighted by atomic mass is 9.89. The Kier molecular flexibility index (Phi) is 8.49. The third-order valence-corrected chi connectivity index (χ3v) is 10.2. The van der Waals surface area contributed by atoms with Crippen LogP contribution in [-0.4, -0.2) is 52.7 Å². The summed E-state index contributed by atoms with van der Waals surface area (Å²) in [7, 11) is -4.08. The summed E-state index contributed by atoms with van der Waals surface area (Å²) in [6, 6.07) is 14.9. The van der Waals surface area contributed by atoms with Crippen molar-refractivity contribution >= 4 is 32.8 Å². The second-order valence-electron chi connectivity index (χ2n) is 13.4. The minimum Gasteiger partial charge on any atom is -0.444 e. The summed E-state index contributed by atoms with van der Waals surface area (Å²) in [6.45, 7) is 10.6. The molecular weight excluding hydrogens is 636 g/mol. The van der Waals surface area contributed by atoms with Crippen molar-refractivity contribution in [3.8, 4) is 22.4 Å². The van der Waals surface area contributed by atoms with Gasteiger partial charge in [0.15, 0.2) is 0 Å².